The Bertz CT molecular complexity index is 657. The number of nitrogens with one attached hydrogen (secondary N) is 1. The van der Waals surface area contributed by atoms with E-state index in [2.05, 4.69) is 30.5 Å². The molecule has 0 saturated carbocycles. The first-order valence-electron chi connectivity index (χ1n) is 7.27. The van der Waals surface area contributed by atoms with Crippen molar-refractivity contribution in [2.24, 2.45) is 5.10 Å². The second-order valence-corrected chi connectivity index (χ2v) is 5.33. The van der Waals surface area contributed by atoms with Gasteiger partial charge >= 0.3 is 0 Å². The molecule has 0 atom stereocenters. The summed E-state index contributed by atoms with van der Waals surface area (Å²) in [7, 11) is 0. The van der Waals surface area contributed by atoms with Crippen molar-refractivity contribution >= 4 is 17.8 Å². The molecule has 0 spiro atoms. The predicted molar refractivity (Wildman–Crippen MR) is 91.5 cm³/mol. The lowest BCUT2D eigenvalue weighted by atomic mass is 10.1. The molecule has 0 unspecified atom stereocenters. The summed E-state index contributed by atoms with van der Waals surface area (Å²) in [5.74, 6) is -0.607. The number of nitrogens with zero attached hydrogens (tertiary/aromatic N) is 2. The first kappa shape index (κ1) is 18.3. The van der Waals surface area contributed by atoms with Crippen LogP contribution in [0.3, 0.4) is 0 Å². The second-order valence-electron chi connectivity index (χ2n) is 5.33. The van der Waals surface area contributed by atoms with Gasteiger partial charge in [0.1, 0.15) is 5.56 Å². The SMILES string of the molecule is CC(C)=CCC/C(C)=C/C=N\NC(=O)c1ccccc1[N+](=O)[O-]. The Morgan fingerprint density at radius 1 is 1.30 bits per heavy atom. The Hall–Kier alpha value is -2.76. The largest absolute Gasteiger partial charge is 0.282 e. The van der Waals surface area contributed by atoms with Crippen LogP contribution in [0.2, 0.25) is 0 Å². The highest BCUT2D eigenvalue weighted by Gasteiger charge is 2.18. The zero-order chi connectivity index (χ0) is 17.2. The Labute approximate surface area is 135 Å². The lowest BCUT2D eigenvalue weighted by Gasteiger charge is -2.00. The standard InChI is InChI=1S/C17H21N3O3/c1-13(2)7-6-8-14(3)11-12-18-19-17(21)15-9-4-5-10-16(15)20(22)23/h4-5,7,9-12H,6,8H2,1-3H3,(H,19,21)/b14-11+,18-12-. The first-order chi connectivity index (χ1) is 10.9. The van der Waals surface area contributed by atoms with Gasteiger partial charge in [-0.3, -0.25) is 14.9 Å². The van der Waals surface area contributed by atoms with Crippen molar-refractivity contribution in [3.63, 3.8) is 0 Å². The maximum absolute atomic E-state index is 11.9. The number of para-hydroxylation sites is 1. The van der Waals surface area contributed by atoms with Gasteiger partial charge < -0.3 is 0 Å². The average molecular weight is 315 g/mol. The van der Waals surface area contributed by atoms with E-state index in [1.54, 1.807) is 12.1 Å². The molecule has 0 heterocycles. The van der Waals surface area contributed by atoms with Crippen molar-refractivity contribution in [1.82, 2.24) is 5.43 Å². The third kappa shape index (κ3) is 6.69. The minimum absolute atomic E-state index is 0.0149. The van der Waals surface area contributed by atoms with E-state index < -0.39 is 10.8 Å². The second kappa shape index (κ2) is 9.30. The summed E-state index contributed by atoms with van der Waals surface area (Å²) >= 11 is 0. The van der Waals surface area contributed by atoms with Crippen LogP contribution in [0.5, 0.6) is 0 Å². The molecule has 1 N–H and O–H groups in total. The summed E-state index contributed by atoms with van der Waals surface area (Å²) in [6.45, 7) is 6.09. The highest BCUT2D eigenvalue weighted by molar-refractivity contribution is 5.98. The molecule has 6 heteroatoms. The number of hydrogen-bond acceptors (Lipinski definition) is 4. The lowest BCUT2D eigenvalue weighted by molar-refractivity contribution is -0.385. The van der Waals surface area contributed by atoms with Gasteiger partial charge in [0.05, 0.1) is 4.92 Å². The fourth-order valence-electron chi connectivity index (χ4n) is 1.82. The number of allylic oxidation sites excluding steroid dienone is 4. The normalized spacial score (nSPS) is 11.3. The molecule has 1 aromatic rings. The van der Waals surface area contributed by atoms with Crippen LogP contribution in [0.25, 0.3) is 0 Å². The van der Waals surface area contributed by atoms with Gasteiger partial charge in [0.15, 0.2) is 0 Å². The maximum Gasteiger partial charge on any atom is 0.282 e. The molecular formula is C17H21N3O3. The zero-order valence-corrected chi connectivity index (χ0v) is 13.6. The van der Waals surface area contributed by atoms with Gasteiger partial charge in [-0.25, -0.2) is 5.43 Å². The molecule has 0 aliphatic heterocycles. The number of nitro benzene ring substituents is 1. The Balaban J connectivity index is 2.59. The van der Waals surface area contributed by atoms with Gasteiger partial charge in [-0.05, 0) is 45.8 Å². The third-order valence-corrected chi connectivity index (χ3v) is 3.04. The molecule has 0 aliphatic carbocycles. The fraction of sp³-hybridized carbons (Fsp3) is 0.294. The Kier molecular flexibility index (Phi) is 7.39. The summed E-state index contributed by atoms with van der Waals surface area (Å²) in [6, 6.07) is 5.76. The number of benzene rings is 1. The van der Waals surface area contributed by atoms with E-state index in [4.69, 9.17) is 0 Å². The quantitative estimate of drug-likeness (QED) is 0.357. The van der Waals surface area contributed by atoms with E-state index in [0.717, 1.165) is 18.4 Å². The van der Waals surface area contributed by atoms with Gasteiger partial charge in [0.25, 0.3) is 11.6 Å². The number of carbonyl (C=O) groups is 1. The minimum atomic E-state index is -0.607. The number of nitro groups is 1. The fourth-order valence-corrected chi connectivity index (χ4v) is 1.82. The molecule has 1 aromatic carbocycles. The van der Waals surface area contributed by atoms with Crippen molar-refractivity contribution in [3.05, 3.63) is 63.2 Å². The third-order valence-electron chi connectivity index (χ3n) is 3.04. The van der Waals surface area contributed by atoms with Gasteiger partial charge in [0, 0.05) is 12.3 Å². The van der Waals surface area contributed by atoms with Crippen LogP contribution in [-0.4, -0.2) is 17.0 Å². The van der Waals surface area contributed by atoms with Crippen LogP contribution < -0.4 is 5.43 Å². The molecule has 0 radical (unpaired) electrons. The molecule has 0 saturated heterocycles. The number of carbonyl (C=O) groups excluding carboxylic acids is 1. The Morgan fingerprint density at radius 2 is 2.00 bits per heavy atom. The molecule has 0 aromatic heterocycles. The first-order valence-corrected chi connectivity index (χ1v) is 7.27. The molecular weight excluding hydrogens is 294 g/mol. The van der Waals surface area contributed by atoms with E-state index in [0.29, 0.717) is 0 Å². The topological polar surface area (TPSA) is 84.6 Å². The molecule has 122 valence electrons. The molecule has 6 nitrogen and oxygen atoms in total. The van der Waals surface area contributed by atoms with E-state index in [-0.39, 0.29) is 11.3 Å². The van der Waals surface area contributed by atoms with E-state index >= 15 is 0 Å². The smallest absolute Gasteiger partial charge is 0.267 e. The minimum Gasteiger partial charge on any atom is -0.267 e. The van der Waals surface area contributed by atoms with Gasteiger partial charge in [-0.2, -0.15) is 5.10 Å². The number of amides is 1. The summed E-state index contributed by atoms with van der Waals surface area (Å²) < 4.78 is 0. The van der Waals surface area contributed by atoms with Gasteiger partial charge in [-0.15, -0.1) is 0 Å². The van der Waals surface area contributed by atoms with Crippen LogP contribution in [0, 0.1) is 10.1 Å². The number of rotatable bonds is 7. The molecule has 0 aliphatic rings. The highest BCUT2D eigenvalue weighted by atomic mass is 16.6. The van der Waals surface area contributed by atoms with Crippen LogP contribution in [0.15, 0.2) is 52.7 Å². The van der Waals surface area contributed by atoms with E-state index in [9.17, 15) is 14.9 Å². The van der Waals surface area contributed by atoms with Crippen molar-refractivity contribution in [2.75, 3.05) is 0 Å². The van der Waals surface area contributed by atoms with Crippen molar-refractivity contribution < 1.29 is 9.72 Å². The monoisotopic (exact) mass is 315 g/mol. The molecule has 0 fully saturated rings. The maximum atomic E-state index is 11.9. The summed E-state index contributed by atoms with van der Waals surface area (Å²) in [5.41, 5.74) is 4.45. The zero-order valence-electron chi connectivity index (χ0n) is 13.6. The van der Waals surface area contributed by atoms with Crippen LogP contribution in [0.1, 0.15) is 44.0 Å². The van der Waals surface area contributed by atoms with Gasteiger partial charge in [-0.1, -0.05) is 29.4 Å². The Morgan fingerprint density at radius 3 is 2.65 bits per heavy atom. The average Bonchev–Trinajstić information content (AvgIpc) is 2.51. The molecule has 0 bridgehead atoms. The predicted octanol–water partition coefficient (Wildman–Crippen LogP) is 4.00. The van der Waals surface area contributed by atoms with Crippen molar-refractivity contribution in [2.45, 2.75) is 33.6 Å². The number of hydrazone groups is 1. The lowest BCUT2D eigenvalue weighted by Crippen LogP contribution is -2.18. The molecule has 1 amide bonds. The molecule has 1 rings (SSSR count). The summed E-state index contributed by atoms with van der Waals surface area (Å²) in [5, 5.41) is 14.7. The summed E-state index contributed by atoms with van der Waals surface area (Å²) in [4.78, 5) is 22.2. The van der Waals surface area contributed by atoms with Gasteiger partial charge in [0.2, 0.25) is 0 Å². The van der Waals surface area contributed by atoms with Crippen LogP contribution in [0.4, 0.5) is 5.69 Å². The summed E-state index contributed by atoms with van der Waals surface area (Å²) in [6.07, 6.45) is 7.31. The molecule has 23 heavy (non-hydrogen) atoms. The van der Waals surface area contributed by atoms with E-state index in [1.807, 2.05) is 6.92 Å². The van der Waals surface area contributed by atoms with Crippen LogP contribution >= 0.6 is 0 Å². The van der Waals surface area contributed by atoms with Crippen molar-refractivity contribution in [3.8, 4) is 0 Å². The van der Waals surface area contributed by atoms with Crippen LogP contribution in [-0.2, 0) is 0 Å². The highest BCUT2D eigenvalue weighted by Crippen LogP contribution is 2.17. The number of hydrogen-bond donors (Lipinski definition) is 1. The van der Waals surface area contributed by atoms with E-state index in [1.165, 1.54) is 30.0 Å². The van der Waals surface area contributed by atoms with Crippen molar-refractivity contribution in [1.29, 1.82) is 0 Å².